The lowest BCUT2D eigenvalue weighted by Crippen LogP contribution is -2.16. The molecule has 14 heavy (non-hydrogen) atoms. The number of nitrogens with zero attached hydrogens (tertiary/aromatic N) is 1. The summed E-state index contributed by atoms with van der Waals surface area (Å²) in [5.41, 5.74) is 0.432. The quantitative estimate of drug-likeness (QED) is 0.552. The standard InChI is InChI=1S/C13H25N/c1-4-6-9-13(3,10-7-5-2)11-8-12-14/h4-11H2,1-3H3. The first kappa shape index (κ1) is 13.5. The van der Waals surface area contributed by atoms with Gasteiger partial charge in [0.15, 0.2) is 0 Å². The van der Waals surface area contributed by atoms with Crippen LogP contribution in [0, 0.1) is 16.7 Å². The molecule has 0 spiro atoms. The van der Waals surface area contributed by atoms with Crippen LogP contribution in [0.3, 0.4) is 0 Å². The molecule has 0 aliphatic rings. The molecule has 0 atom stereocenters. The molecule has 0 radical (unpaired) electrons. The lowest BCUT2D eigenvalue weighted by molar-refractivity contribution is 0.238. The van der Waals surface area contributed by atoms with E-state index >= 15 is 0 Å². The monoisotopic (exact) mass is 195 g/mol. The minimum Gasteiger partial charge on any atom is -0.198 e. The van der Waals surface area contributed by atoms with Crippen LogP contribution in [0.2, 0.25) is 0 Å². The lowest BCUT2D eigenvalue weighted by atomic mass is 9.77. The Balaban J connectivity index is 3.97. The highest BCUT2D eigenvalue weighted by molar-refractivity contribution is 4.80. The predicted octanol–water partition coefficient (Wildman–Crippen LogP) is 4.68. The molecule has 0 unspecified atom stereocenters. The third kappa shape index (κ3) is 6.02. The first-order chi connectivity index (χ1) is 6.68. The van der Waals surface area contributed by atoms with Gasteiger partial charge in [-0.15, -0.1) is 0 Å². The van der Waals surface area contributed by atoms with Gasteiger partial charge in [-0.05, 0) is 24.7 Å². The van der Waals surface area contributed by atoms with E-state index in [9.17, 15) is 0 Å². The molecule has 0 N–H and O–H groups in total. The molecule has 0 aromatic rings. The highest BCUT2D eigenvalue weighted by Gasteiger charge is 2.22. The van der Waals surface area contributed by atoms with E-state index in [1.807, 2.05) is 0 Å². The van der Waals surface area contributed by atoms with Crippen LogP contribution in [-0.2, 0) is 0 Å². The molecule has 0 aliphatic heterocycles. The van der Waals surface area contributed by atoms with Crippen LogP contribution in [0.4, 0.5) is 0 Å². The number of hydrogen-bond donors (Lipinski definition) is 0. The molecule has 82 valence electrons. The van der Waals surface area contributed by atoms with Gasteiger partial charge in [0, 0.05) is 6.42 Å². The zero-order valence-electron chi connectivity index (χ0n) is 10.1. The van der Waals surface area contributed by atoms with Crippen LogP contribution < -0.4 is 0 Å². The van der Waals surface area contributed by atoms with Gasteiger partial charge in [0.05, 0.1) is 6.07 Å². The highest BCUT2D eigenvalue weighted by atomic mass is 14.3. The highest BCUT2D eigenvalue weighted by Crippen LogP contribution is 2.35. The van der Waals surface area contributed by atoms with Gasteiger partial charge in [0.25, 0.3) is 0 Å². The summed E-state index contributed by atoms with van der Waals surface area (Å²) in [5, 5.41) is 8.63. The molecule has 0 saturated carbocycles. The van der Waals surface area contributed by atoms with Gasteiger partial charge in [-0.2, -0.15) is 5.26 Å². The Labute approximate surface area is 89.5 Å². The molecule has 1 heteroatoms. The normalized spacial score (nSPS) is 11.3. The number of hydrogen-bond acceptors (Lipinski definition) is 1. The van der Waals surface area contributed by atoms with E-state index < -0.39 is 0 Å². The number of unbranched alkanes of at least 4 members (excludes halogenated alkanes) is 2. The van der Waals surface area contributed by atoms with Gasteiger partial charge in [-0.25, -0.2) is 0 Å². The fraction of sp³-hybridized carbons (Fsp3) is 0.923. The molecule has 0 aliphatic carbocycles. The summed E-state index contributed by atoms with van der Waals surface area (Å²) in [6.45, 7) is 6.84. The van der Waals surface area contributed by atoms with Gasteiger partial charge >= 0.3 is 0 Å². The van der Waals surface area contributed by atoms with Crippen molar-refractivity contribution in [2.24, 2.45) is 5.41 Å². The van der Waals surface area contributed by atoms with Gasteiger partial charge in [-0.3, -0.25) is 0 Å². The molecule has 1 nitrogen and oxygen atoms in total. The Morgan fingerprint density at radius 2 is 1.50 bits per heavy atom. The predicted molar refractivity (Wildman–Crippen MR) is 62.0 cm³/mol. The van der Waals surface area contributed by atoms with Gasteiger partial charge in [0.1, 0.15) is 0 Å². The van der Waals surface area contributed by atoms with Crippen molar-refractivity contribution in [1.82, 2.24) is 0 Å². The van der Waals surface area contributed by atoms with E-state index in [0.29, 0.717) is 5.41 Å². The summed E-state index contributed by atoms with van der Waals surface area (Å²) >= 11 is 0. The van der Waals surface area contributed by atoms with E-state index in [-0.39, 0.29) is 0 Å². The van der Waals surface area contributed by atoms with E-state index in [0.717, 1.165) is 12.8 Å². The van der Waals surface area contributed by atoms with Crippen LogP contribution in [0.1, 0.15) is 72.1 Å². The average molecular weight is 195 g/mol. The van der Waals surface area contributed by atoms with Crippen molar-refractivity contribution in [3.63, 3.8) is 0 Å². The van der Waals surface area contributed by atoms with Crippen LogP contribution in [0.25, 0.3) is 0 Å². The molecule has 0 saturated heterocycles. The van der Waals surface area contributed by atoms with Crippen molar-refractivity contribution in [3.8, 4) is 6.07 Å². The molecule has 0 heterocycles. The molecule has 0 rings (SSSR count). The van der Waals surface area contributed by atoms with Crippen LogP contribution in [0.5, 0.6) is 0 Å². The molecule has 0 fully saturated rings. The SMILES string of the molecule is CCCCC(C)(CCC#N)CCCC. The largest absolute Gasteiger partial charge is 0.198 e. The fourth-order valence-corrected chi connectivity index (χ4v) is 1.94. The van der Waals surface area contributed by atoms with Crippen LogP contribution in [0.15, 0.2) is 0 Å². The van der Waals surface area contributed by atoms with Gasteiger partial charge in [0.2, 0.25) is 0 Å². The Kier molecular flexibility index (Phi) is 7.57. The topological polar surface area (TPSA) is 23.8 Å². The lowest BCUT2D eigenvalue weighted by Gasteiger charge is -2.28. The average Bonchev–Trinajstić information content (AvgIpc) is 2.21. The van der Waals surface area contributed by atoms with Crippen LogP contribution in [-0.4, -0.2) is 0 Å². The molecule has 0 aromatic carbocycles. The van der Waals surface area contributed by atoms with E-state index in [1.54, 1.807) is 0 Å². The van der Waals surface area contributed by atoms with Crippen molar-refractivity contribution >= 4 is 0 Å². The smallest absolute Gasteiger partial charge is 0.0621 e. The Morgan fingerprint density at radius 1 is 1.00 bits per heavy atom. The zero-order chi connectivity index (χ0) is 10.9. The van der Waals surface area contributed by atoms with Crippen molar-refractivity contribution in [2.75, 3.05) is 0 Å². The molecule has 0 bridgehead atoms. The second-order valence-electron chi connectivity index (χ2n) is 4.68. The summed E-state index contributed by atoms with van der Waals surface area (Å²) in [6, 6.07) is 2.28. The van der Waals surface area contributed by atoms with E-state index in [4.69, 9.17) is 5.26 Å². The maximum absolute atomic E-state index is 8.63. The summed E-state index contributed by atoms with van der Waals surface area (Å²) < 4.78 is 0. The van der Waals surface area contributed by atoms with Crippen molar-refractivity contribution in [2.45, 2.75) is 72.1 Å². The number of nitriles is 1. The van der Waals surface area contributed by atoms with E-state index in [1.165, 1.54) is 38.5 Å². The van der Waals surface area contributed by atoms with Gasteiger partial charge < -0.3 is 0 Å². The molecular formula is C13H25N. The second kappa shape index (κ2) is 7.85. The van der Waals surface area contributed by atoms with Gasteiger partial charge in [-0.1, -0.05) is 46.5 Å². The third-order valence-corrected chi connectivity index (χ3v) is 3.11. The zero-order valence-corrected chi connectivity index (χ0v) is 10.1. The Hall–Kier alpha value is -0.510. The minimum atomic E-state index is 0.432. The van der Waals surface area contributed by atoms with Crippen molar-refractivity contribution in [1.29, 1.82) is 5.26 Å². The maximum atomic E-state index is 8.63. The summed E-state index contributed by atoms with van der Waals surface area (Å²) in [6.07, 6.45) is 9.57. The third-order valence-electron chi connectivity index (χ3n) is 3.11. The molecular weight excluding hydrogens is 170 g/mol. The Morgan fingerprint density at radius 3 is 1.86 bits per heavy atom. The molecule has 0 aromatic heterocycles. The summed E-state index contributed by atoms with van der Waals surface area (Å²) in [7, 11) is 0. The second-order valence-corrected chi connectivity index (χ2v) is 4.68. The van der Waals surface area contributed by atoms with Crippen LogP contribution >= 0.6 is 0 Å². The summed E-state index contributed by atoms with van der Waals surface area (Å²) in [4.78, 5) is 0. The van der Waals surface area contributed by atoms with Crippen molar-refractivity contribution in [3.05, 3.63) is 0 Å². The first-order valence-corrected chi connectivity index (χ1v) is 6.05. The minimum absolute atomic E-state index is 0.432. The first-order valence-electron chi connectivity index (χ1n) is 6.05. The Bertz CT molecular complexity index is 159. The fourth-order valence-electron chi connectivity index (χ4n) is 1.94. The van der Waals surface area contributed by atoms with Crippen molar-refractivity contribution < 1.29 is 0 Å². The maximum Gasteiger partial charge on any atom is 0.0621 e. The molecule has 0 amide bonds. The summed E-state index contributed by atoms with van der Waals surface area (Å²) in [5.74, 6) is 0. The van der Waals surface area contributed by atoms with E-state index in [2.05, 4.69) is 26.8 Å². The number of rotatable bonds is 8.